The van der Waals surface area contributed by atoms with Gasteiger partial charge in [0.15, 0.2) is 0 Å². The van der Waals surface area contributed by atoms with Gasteiger partial charge in [0.05, 0.1) is 0 Å². The molecule has 0 aromatic carbocycles. The van der Waals surface area contributed by atoms with Crippen molar-refractivity contribution in [3.8, 4) is 0 Å². The van der Waals surface area contributed by atoms with Crippen molar-refractivity contribution in [2.75, 3.05) is 0 Å². The number of rotatable bonds is 1. The summed E-state index contributed by atoms with van der Waals surface area (Å²) in [6.45, 7) is 4.38. The Morgan fingerprint density at radius 1 is 0.947 bits per heavy atom. The van der Waals surface area contributed by atoms with E-state index >= 15 is 0 Å². The van der Waals surface area contributed by atoms with Gasteiger partial charge in [-0.3, -0.25) is 0 Å². The first-order valence-electron chi connectivity index (χ1n) is 8.00. The van der Waals surface area contributed by atoms with Gasteiger partial charge in [-0.25, -0.2) is 0 Å². The van der Waals surface area contributed by atoms with Crippen molar-refractivity contribution in [1.82, 2.24) is 0 Å². The van der Waals surface area contributed by atoms with E-state index < -0.39 is 0 Å². The minimum Gasteiger partial charge on any atom is -0.0878 e. The summed E-state index contributed by atoms with van der Waals surface area (Å²) in [5.41, 5.74) is 3.37. The van der Waals surface area contributed by atoms with Crippen molar-refractivity contribution in [2.45, 2.75) is 46.0 Å². The number of fused-ring (bicyclic) bond motifs is 4. The van der Waals surface area contributed by atoms with Gasteiger partial charge in [0.1, 0.15) is 0 Å². The molecule has 0 nitrogen and oxygen atoms in total. The zero-order valence-electron chi connectivity index (χ0n) is 12.3. The van der Waals surface area contributed by atoms with Crippen molar-refractivity contribution in [3.05, 3.63) is 47.6 Å². The molecule has 4 unspecified atom stereocenters. The zero-order valence-corrected chi connectivity index (χ0v) is 12.3. The molecule has 4 aliphatic carbocycles. The lowest BCUT2D eigenvalue weighted by Gasteiger charge is -2.06. The predicted octanol–water partition coefficient (Wildman–Crippen LogP) is 5.45. The smallest absolute Gasteiger partial charge is 0.00173 e. The molecule has 2 saturated carbocycles. The first-order valence-corrected chi connectivity index (χ1v) is 8.00. The summed E-state index contributed by atoms with van der Waals surface area (Å²) in [5.74, 6) is 3.48. The summed E-state index contributed by atoms with van der Waals surface area (Å²) in [7, 11) is 0. The minimum atomic E-state index is 0.833. The maximum Gasteiger partial charge on any atom is -0.00173 e. The maximum atomic E-state index is 2.41. The molecule has 4 rings (SSSR count). The topological polar surface area (TPSA) is 0 Å². The van der Waals surface area contributed by atoms with Gasteiger partial charge in [-0.15, -0.1) is 0 Å². The molecule has 0 aromatic rings. The van der Waals surface area contributed by atoms with E-state index in [1.807, 2.05) is 0 Å². The van der Waals surface area contributed by atoms with Crippen molar-refractivity contribution >= 4 is 0 Å². The quantitative estimate of drug-likeness (QED) is 0.546. The molecule has 0 amide bonds. The first-order chi connectivity index (χ1) is 9.30. The van der Waals surface area contributed by atoms with Crippen LogP contribution in [0.4, 0.5) is 0 Å². The monoisotopic (exact) mass is 254 g/mol. The van der Waals surface area contributed by atoms with E-state index in [4.69, 9.17) is 0 Å². The van der Waals surface area contributed by atoms with Crippen molar-refractivity contribution in [3.63, 3.8) is 0 Å². The fraction of sp³-hybridized carbons (Fsp3) is 0.579. The third kappa shape index (κ3) is 2.63. The highest BCUT2D eigenvalue weighted by molar-refractivity contribution is 5.27. The molecule has 0 radical (unpaired) electrons. The van der Waals surface area contributed by atoms with E-state index in [-0.39, 0.29) is 0 Å². The third-order valence-corrected chi connectivity index (χ3v) is 5.13. The van der Waals surface area contributed by atoms with Gasteiger partial charge in [0, 0.05) is 0 Å². The van der Waals surface area contributed by atoms with Gasteiger partial charge in [-0.1, -0.05) is 54.5 Å². The van der Waals surface area contributed by atoms with Crippen LogP contribution in [0.3, 0.4) is 0 Å². The Morgan fingerprint density at radius 3 is 1.84 bits per heavy atom. The Hall–Kier alpha value is -1.04. The summed E-state index contributed by atoms with van der Waals surface area (Å²) < 4.78 is 0. The number of hydrogen-bond donors (Lipinski definition) is 0. The molecule has 0 heteroatoms. The Kier molecular flexibility index (Phi) is 3.77. The second kappa shape index (κ2) is 5.53. The third-order valence-electron chi connectivity index (χ3n) is 5.13. The van der Waals surface area contributed by atoms with E-state index in [1.165, 1.54) is 32.1 Å². The van der Waals surface area contributed by atoms with Gasteiger partial charge >= 0.3 is 0 Å². The van der Waals surface area contributed by atoms with E-state index in [2.05, 4.69) is 50.3 Å². The Balaban J connectivity index is 0.000000117. The average Bonchev–Trinajstić information content (AvgIpc) is 3.19. The summed E-state index contributed by atoms with van der Waals surface area (Å²) >= 11 is 0. The van der Waals surface area contributed by atoms with Crippen LogP contribution < -0.4 is 0 Å². The van der Waals surface area contributed by atoms with Gasteiger partial charge in [0.2, 0.25) is 0 Å². The molecule has 2 fully saturated rings. The summed E-state index contributed by atoms with van der Waals surface area (Å²) in [5, 5.41) is 0. The van der Waals surface area contributed by atoms with E-state index in [9.17, 15) is 0 Å². The van der Waals surface area contributed by atoms with Crippen LogP contribution in [0.1, 0.15) is 46.0 Å². The molecule has 0 saturated heterocycles. The second-order valence-electron chi connectivity index (χ2n) is 6.43. The van der Waals surface area contributed by atoms with Gasteiger partial charge in [0.25, 0.3) is 0 Å². The molecule has 0 aromatic heterocycles. The fourth-order valence-corrected chi connectivity index (χ4v) is 4.14. The highest BCUT2D eigenvalue weighted by Crippen LogP contribution is 2.43. The largest absolute Gasteiger partial charge is 0.0878 e. The number of allylic oxidation sites excluding steroid dienone is 8. The summed E-state index contributed by atoms with van der Waals surface area (Å²) in [4.78, 5) is 0. The van der Waals surface area contributed by atoms with Crippen LogP contribution in [-0.2, 0) is 0 Å². The SMILES string of the molecule is CC=C1CC2C=CC1C2.CCC=C1CC2C=CC1C2. The second-order valence-corrected chi connectivity index (χ2v) is 6.43. The molecule has 0 heterocycles. The lowest BCUT2D eigenvalue weighted by atomic mass is 10.00. The lowest BCUT2D eigenvalue weighted by Crippen LogP contribution is -1.91. The molecule has 4 aliphatic rings. The van der Waals surface area contributed by atoms with E-state index in [1.54, 1.807) is 11.1 Å². The van der Waals surface area contributed by atoms with Gasteiger partial charge < -0.3 is 0 Å². The molecule has 4 atom stereocenters. The molecular formula is C19H26. The predicted molar refractivity (Wildman–Crippen MR) is 82.8 cm³/mol. The van der Waals surface area contributed by atoms with Gasteiger partial charge in [-0.05, 0) is 62.7 Å². The Bertz CT molecular complexity index is 447. The normalized spacial score (nSPS) is 41.4. The van der Waals surface area contributed by atoms with Crippen LogP contribution in [0.25, 0.3) is 0 Å². The molecule has 4 bridgehead atoms. The molecule has 0 N–H and O–H groups in total. The summed E-state index contributed by atoms with van der Waals surface area (Å²) in [6, 6.07) is 0. The minimum absolute atomic E-state index is 0.833. The van der Waals surface area contributed by atoms with Gasteiger partial charge in [-0.2, -0.15) is 0 Å². The number of hydrogen-bond acceptors (Lipinski definition) is 0. The molecule has 0 aliphatic heterocycles. The molecular weight excluding hydrogens is 228 g/mol. The standard InChI is InChI=1S/C10H14.C9H12/c1-2-3-9-6-8-4-5-10(9)7-8;1-2-8-5-7-3-4-9(8)6-7/h3-5,8,10H,2,6-7H2,1H3;2-4,7,9H,5-6H2,1H3. The van der Waals surface area contributed by atoms with Crippen LogP contribution >= 0.6 is 0 Å². The van der Waals surface area contributed by atoms with E-state index in [0.717, 1.165) is 23.7 Å². The van der Waals surface area contributed by atoms with E-state index in [0.29, 0.717) is 0 Å². The van der Waals surface area contributed by atoms with Crippen molar-refractivity contribution in [1.29, 1.82) is 0 Å². The summed E-state index contributed by atoms with van der Waals surface area (Å²) in [6.07, 6.45) is 20.9. The first kappa shape index (κ1) is 13.0. The van der Waals surface area contributed by atoms with Crippen LogP contribution in [0.5, 0.6) is 0 Å². The lowest BCUT2D eigenvalue weighted by molar-refractivity contribution is 0.693. The maximum absolute atomic E-state index is 2.41. The molecule has 102 valence electrons. The highest BCUT2D eigenvalue weighted by Gasteiger charge is 2.30. The van der Waals surface area contributed by atoms with Crippen molar-refractivity contribution in [2.24, 2.45) is 23.7 Å². The van der Waals surface area contributed by atoms with Crippen molar-refractivity contribution < 1.29 is 0 Å². The molecule has 19 heavy (non-hydrogen) atoms. The average molecular weight is 254 g/mol. The van der Waals surface area contributed by atoms with Crippen LogP contribution in [0.2, 0.25) is 0 Å². The zero-order chi connectivity index (χ0) is 13.2. The van der Waals surface area contributed by atoms with Crippen LogP contribution in [-0.4, -0.2) is 0 Å². The fourth-order valence-electron chi connectivity index (χ4n) is 4.14. The Labute approximate surface area is 118 Å². The van der Waals surface area contributed by atoms with Crippen LogP contribution in [0.15, 0.2) is 47.6 Å². The molecule has 0 spiro atoms. The Morgan fingerprint density at radius 2 is 1.53 bits per heavy atom. The van der Waals surface area contributed by atoms with Crippen LogP contribution in [0, 0.1) is 23.7 Å². The highest BCUT2D eigenvalue weighted by atomic mass is 14.3.